The van der Waals surface area contributed by atoms with Crippen LogP contribution in [0.1, 0.15) is 31.7 Å². The number of rotatable bonds is 5. The molecule has 2 rings (SSSR count). The van der Waals surface area contributed by atoms with Crippen LogP contribution in [0.25, 0.3) is 0 Å². The number of ether oxygens (including phenoxy) is 1. The first-order chi connectivity index (χ1) is 7.90. The molecule has 1 aliphatic rings. The highest BCUT2D eigenvalue weighted by Gasteiger charge is 2.19. The Morgan fingerprint density at radius 1 is 1.25 bits per heavy atom. The van der Waals surface area contributed by atoms with E-state index in [0.717, 1.165) is 13.0 Å². The highest BCUT2D eigenvalue weighted by atomic mass is 16.5. The normalized spacial score (nSPS) is 19.6. The van der Waals surface area contributed by atoms with Gasteiger partial charge in [0.1, 0.15) is 0 Å². The van der Waals surface area contributed by atoms with Gasteiger partial charge in [-0.15, -0.1) is 0 Å². The Morgan fingerprint density at radius 3 is 2.81 bits per heavy atom. The fourth-order valence-corrected chi connectivity index (χ4v) is 2.35. The molecule has 1 nitrogen and oxygen atoms in total. The van der Waals surface area contributed by atoms with E-state index >= 15 is 0 Å². The highest BCUT2D eigenvalue weighted by Crippen LogP contribution is 2.30. The minimum absolute atomic E-state index is 0.653. The largest absolute Gasteiger partial charge is 0.498 e. The maximum Gasteiger partial charge on any atom is 0.0950 e. The van der Waals surface area contributed by atoms with Crippen LogP contribution in [-0.2, 0) is 11.2 Å². The molecule has 0 saturated carbocycles. The average molecular weight is 216 g/mol. The van der Waals surface area contributed by atoms with Gasteiger partial charge in [-0.2, -0.15) is 0 Å². The van der Waals surface area contributed by atoms with Crippen LogP contribution in [0.5, 0.6) is 0 Å². The SMILES string of the molecule is CCOC1=CCCC1CCc1ccccc1. The molecule has 1 atom stereocenters. The zero-order valence-corrected chi connectivity index (χ0v) is 9.99. The predicted octanol–water partition coefficient (Wildman–Crippen LogP) is 3.95. The van der Waals surface area contributed by atoms with Gasteiger partial charge in [0.2, 0.25) is 0 Å². The summed E-state index contributed by atoms with van der Waals surface area (Å²) >= 11 is 0. The standard InChI is InChI=1S/C15H20O/c1-2-16-15-10-6-9-14(15)12-11-13-7-4-3-5-8-13/h3-5,7-8,10,14H,2,6,9,11-12H2,1H3. The molecule has 1 aliphatic carbocycles. The molecular weight excluding hydrogens is 196 g/mol. The van der Waals surface area contributed by atoms with E-state index in [4.69, 9.17) is 4.74 Å². The van der Waals surface area contributed by atoms with Gasteiger partial charge in [0, 0.05) is 5.92 Å². The summed E-state index contributed by atoms with van der Waals surface area (Å²) in [5, 5.41) is 0. The van der Waals surface area contributed by atoms with Crippen LogP contribution in [0.15, 0.2) is 42.2 Å². The third-order valence-corrected chi connectivity index (χ3v) is 3.20. The average Bonchev–Trinajstić information content (AvgIpc) is 2.76. The van der Waals surface area contributed by atoms with Gasteiger partial charge in [-0.05, 0) is 44.2 Å². The molecule has 1 unspecified atom stereocenters. The van der Waals surface area contributed by atoms with Crippen molar-refractivity contribution in [1.29, 1.82) is 0 Å². The monoisotopic (exact) mass is 216 g/mol. The van der Waals surface area contributed by atoms with Crippen molar-refractivity contribution in [1.82, 2.24) is 0 Å². The highest BCUT2D eigenvalue weighted by molar-refractivity contribution is 5.15. The van der Waals surface area contributed by atoms with Gasteiger partial charge in [-0.1, -0.05) is 30.3 Å². The van der Waals surface area contributed by atoms with E-state index in [-0.39, 0.29) is 0 Å². The Balaban J connectivity index is 1.84. The molecule has 0 fully saturated rings. The lowest BCUT2D eigenvalue weighted by molar-refractivity contribution is 0.192. The van der Waals surface area contributed by atoms with Crippen molar-refractivity contribution in [3.05, 3.63) is 47.7 Å². The van der Waals surface area contributed by atoms with Crippen LogP contribution in [0, 0.1) is 5.92 Å². The van der Waals surface area contributed by atoms with Crippen LogP contribution in [0.2, 0.25) is 0 Å². The van der Waals surface area contributed by atoms with E-state index in [1.54, 1.807) is 0 Å². The molecule has 0 heterocycles. The van der Waals surface area contributed by atoms with Crippen molar-refractivity contribution in [3.63, 3.8) is 0 Å². The fourth-order valence-electron chi connectivity index (χ4n) is 2.35. The molecule has 1 heteroatoms. The van der Waals surface area contributed by atoms with Crippen molar-refractivity contribution in [3.8, 4) is 0 Å². The topological polar surface area (TPSA) is 9.23 Å². The van der Waals surface area contributed by atoms with E-state index in [1.807, 2.05) is 0 Å². The summed E-state index contributed by atoms with van der Waals surface area (Å²) in [4.78, 5) is 0. The zero-order chi connectivity index (χ0) is 11.2. The van der Waals surface area contributed by atoms with Crippen LogP contribution < -0.4 is 0 Å². The number of benzene rings is 1. The summed E-state index contributed by atoms with van der Waals surface area (Å²) in [6.45, 7) is 2.86. The Bertz CT molecular complexity index is 340. The molecule has 1 aromatic carbocycles. The molecule has 86 valence electrons. The first kappa shape index (κ1) is 11.3. The Kier molecular flexibility index (Phi) is 4.03. The molecule has 0 bridgehead atoms. The van der Waals surface area contributed by atoms with Gasteiger partial charge in [0.05, 0.1) is 12.4 Å². The maximum atomic E-state index is 5.66. The smallest absolute Gasteiger partial charge is 0.0950 e. The summed E-state index contributed by atoms with van der Waals surface area (Å²) < 4.78 is 5.66. The van der Waals surface area contributed by atoms with E-state index < -0.39 is 0 Å². The molecule has 0 aliphatic heterocycles. The molecule has 1 aromatic rings. The molecule has 16 heavy (non-hydrogen) atoms. The Labute approximate surface area is 98.1 Å². The first-order valence-corrected chi connectivity index (χ1v) is 6.27. The Morgan fingerprint density at radius 2 is 2.06 bits per heavy atom. The van der Waals surface area contributed by atoms with E-state index in [9.17, 15) is 0 Å². The maximum absolute atomic E-state index is 5.66. The summed E-state index contributed by atoms with van der Waals surface area (Å²) in [6.07, 6.45) is 7.10. The van der Waals surface area contributed by atoms with Crippen molar-refractivity contribution in [2.24, 2.45) is 5.92 Å². The molecule has 0 amide bonds. The molecule has 0 aromatic heterocycles. The second-order valence-electron chi connectivity index (χ2n) is 4.34. The summed E-state index contributed by atoms with van der Waals surface area (Å²) in [7, 11) is 0. The van der Waals surface area contributed by atoms with Crippen molar-refractivity contribution < 1.29 is 4.74 Å². The molecule has 0 saturated heterocycles. The lowest BCUT2D eigenvalue weighted by Gasteiger charge is -2.15. The van der Waals surface area contributed by atoms with Gasteiger partial charge in [0.15, 0.2) is 0 Å². The fraction of sp³-hybridized carbons (Fsp3) is 0.467. The third-order valence-electron chi connectivity index (χ3n) is 3.20. The minimum Gasteiger partial charge on any atom is -0.498 e. The van der Waals surface area contributed by atoms with Crippen LogP contribution in [0.4, 0.5) is 0 Å². The predicted molar refractivity (Wildman–Crippen MR) is 67.2 cm³/mol. The second kappa shape index (κ2) is 5.74. The van der Waals surface area contributed by atoms with Crippen molar-refractivity contribution in [2.45, 2.75) is 32.6 Å². The number of aryl methyl sites for hydroxylation is 1. The molecule has 0 spiro atoms. The van der Waals surface area contributed by atoms with Crippen LogP contribution in [0.3, 0.4) is 0 Å². The second-order valence-corrected chi connectivity index (χ2v) is 4.34. The zero-order valence-electron chi connectivity index (χ0n) is 9.99. The third kappa shape index (κ3) is 2.88. The van der Waals surface area contributed by atoms with E-state index in [1.165, 1.54) is 30.6 Å². The van der Waals surface area contributed by atoms with Gasteiger partial charge < -0.3 is 4.74 Å². The molecule has 0 N–H and O–H groups in total. The molecular formula is C15H20O. The van der Waals surface area contributed by atoms with E-state index in [2.05, 4.69) is 43.3 Å². The molecule has 0 radical (unpaired) electrons. The Hall–Kier alpha value is -1.24. The van der Waals surface area contributed by atoms with Crippen LogP contribution in [-0.4, -0.2) is 6.61 Å². The van der Waals surface area contributed by atoms with Crippen molar-refractivity contribution in [2.75, 3.05) is 6.61 Å². The summed E-state index contributed by atoms with van der Waals surface area (Å²) in [5.74, 6) is 1.89. The number of allylic oxidation sites excluding steroid dienone is 2. The van der Waals surface area contributed by atoms with Crippen molar-refractivity contribution >= 4 is 0 Å². The van der Waals surface area contributed by atoms with Gasteiger partial charge in [-0.25, -0.2) is 0 Å². The first-order valence-electron chi connectivity index (χ1n) is 6.27. The van der Waals surface area contributed by atoms with Gasteiger partial charge in [-0.3, -0.25) is 0 Å². The lowest BCUT2D eigenvalue weighted by atomic mass is 9.98. The van der Waals surface area contributed by atoms with Crippen LogP contribution >= 0.6 is 0 Å². The minimum atomic E-state index is 0.653. The summed E-state index contributed by atoms with van der Waals surface area (Å²) in [5.41, 5.74) is 1.44. The number of hydrogen-bond acceptors (Lipinski definition) is 1. The number of hydrogen-bond donors (Lipinski definition) is 0. The van der Waals surface area contributed by atoms with Gasteiger partial charge in [0.25, 0.3) is 0 Å². The van der Waals surface area contributed by atoms with Gasteiger partial charge >= 0.3 is 0 Å². The lowest BCUT2D eigenvalue weighted by Crippen LogP contribution is -2.04. The summed E-state index contributed by atoms with van der Waals surface area (Å²) in [6, 6.07) is 10.7. The quantitative estimate of drug-likeness (QED) is 0.724. The van der Waals surface area contributed by atoms with E-state index in [0.29, 0.717) is 5.92 Å².